The molecule has 1 atom stereocenters. The van der Waals surface area contributed by atoms with Gasteiger partial charge in [-0.3, -0.25) is 4.90 Å². The Morgan fingerprint density at radius 3 is 2.71 bits per heavy atom. The molecule has 2 rings (SSSR count). The highest BCUT2D eigenvalue weighted by Gasteiger charge is 2.41. The first-order valence-corrected chi connectivity index (χ1v) is 8.98. The minimum atomic E-state index is -3.01. The predicted molar refractivity (Wildman–Crippen MR) is 84.1 cm³/mol. The Balaban J connectivity index is 2.22. The van der Waals surface area contributed by atoms with Gasteiger partial charge in [0.15, 0.2) is 9.84 Å². The zero-order valence-corrected chi connectivity index (χ0v) is 13.5. The van der Waals surface area contributed by atoms with Crippen LogP contribution in [0, 0.1) is 0 Å². The highest BCUT2D eigenvalue weighted by atomic mass is 32.2. The Kier molecular flexibility index (Phi) is 4.91. The largest absolute Gasteiger partial charge is 0.496 e. The summed E-state index contributed by atoms with van der Waals surface area (Å²) in [5, 5.41) is 0. The van der Waals surface area contributed by atoms with Crippen molar-refractivity contribution in [2.45, 2.75) is 24.9 Å². The molecule has 1 aliphatic heterocycles. The second-order valence-corrected chi connectivity index (χ2v) is 7.98. The molecule has 1 aromatic carbocycles. The number of sulfone groups is 1. The molecule has 2 N–H and O–H groups in total. The number of ether oxygens (including phenoxy) is 1. The van der Waals surface area contributed by atoms with E-state index in [2.05, 4.69) is 4.90 Å². The molecule has 1 fully saturated rings. The fourth-order valence-corrected chi connectivity index (χ4v) is 5.08. The van der Waals surface area contributed by atoms with Crippen molar-refractivity contribution in [2.75, 3.05) is 32.2 Å². The third kappa shape index (κ3) is 3.56. The summed E-state index contributed by atoms with van der Waals surface area (Å²) in [5.74, 6) is 1.23. The van der Waals surface area contributed by atoms with Gasteiger partial charge in [-0.15, -0.1) is 0 Å². The van der Waals surface area contributed by atoms with Crippen LogP contribution in [0.1, 0.15) is 18.4 Å². The van der Waals surface area contributed by atoms with E-state index in [9.17, 15) is 8.42 Å². The highest BCUT2D eigenvalue weighted by Crippen LogP contribution is 2.30. The van der Waals surface area contributed by atoms with Gasteiger partial charge in [-0.05, 0) is 26.0 Å². The number of methoxy groups -OCH3 is 1. The number of rotatable bonds is 5. The van der Waals surface area contributed by atoms with Crippen LogP contribution in [0.3, 0.4) is 0 Å². The fourth-order valence-electron chi connectivity index (χ4n) is 3.05. The Hall–Kier alpha value is -1.11. The minimum absolute atomic E-state index is 0.141. The van der Waals surface area contributed by atoms with Crippen LogP contribution in [0.2, 0.25) is 0 Å². The lowest BCUT2D eigenvalue weighted by molar-refractivity contribution is 0.123. The summed E-state index contributed by atoms with van der Waals surface area (Å²) in [6.45, 7) is 0.967. The van der Waals surface area contributed by atoms with Crippen molar-refractivity contribution in [1.29, 1.82) is 0 Å². The van der Waals surface area contributed by atoms with E-state index >= 15 is 0 Å². The Morgan fingerprint density at radius 1 is 1.38 bits per heavy atom. The van der Waals surface area contributed by atoms with Gasteiger partial charge >= 0.3 is 0 Å². The van der Waals surface area contributed by atoms with Crippen molar-refractivity contribution in [2.24, 2.45) is 5.73 Å². The normalized spacial score (nSPS) is 25.0. The van der Waals surface area contributed by atoms with Crippen LogP contribution in [0.5, 0.6) is 5.75 Å². The van der Waals surface area contributed by atoms with Crippen molar-refractivity contribution in [1.82, 2.24) is 4.90 Å². The average Bonchev–Trinajstić information content (AvgIpc) is 2.46. The molecule has 0 saturated carbocycles. The third-order valence-electron chi connectivity index (χ3n) is 4.38. The van der Waals surface area contributed by atoms with Crippen molar-refractivity contribution in [3.05, 3.63) is 29.8 Å². The second-order valence-electron chi connectivity index (χ2n) is 5.79. The molecule has 0 spiro atoms. The van der Waals surface area contributed by atoms with Gasteiger partial charge in [-0.2, -0.15) is 0 Å². The van der Waals surface area contributed by atoms with Crippen LogP contribution >= 0.6 is 0 Å². The molecule has 1 saturated heterocycles. The van der Waals surface area contributed by atoms with Gasteiger partial charge < -0.3 is 10.5 Å². The predicted octanol–water partition coefficient (Wildman–Crippen LogP) is 1.03. The topological polar surface area (TPSA) is 72.6 Å². The highest BCUT2D eigenvalue weighted by molar-refractivity contribution is 7.91. The zero-order chi connectivity index (χ0) is 15.5. The van der Waals surface area contributed by atoms with E-state index in [0.29, 0.717) is 19.5 Å². The van der Waals surface area contributed by atoms with Gasteiger partial charge in [0.05, 0.1) is 18.6 Å². The van der Waals surface area contributed by atoms with Gasteiger partial charge in [0.2, 0.25) is 0 Å². The van der Waals surface area contributed by atoms with Crippen molar-refractivity contribution >= 4 is 9.84 Å². The van der Waals surface area contributed by atoms with Crippen LogP contribution in [0.25, 0.3) is 0 Å². The van der Waals surface area contributed by atoms with Crippen molar-refractivity contribution in [3.63, 3.8) is 0 Å². The van der Waals surface area contributed by atoms with E-state index in [1.807, 2.05) is 31.3 Å². The molecular formula is C15H24N2O3S. The van der Waals surface area contributed by atoms with Crippen molar-refractivity contribution < 1.29 is 13.2 Å². The molecule has 1 heterocycles. The Labute approximate surface area is 127 Å². The van der Waals surface area contributed by atoms with E-state index in [1.54, 1.807) is 7.11 Å². The van der Waals surface area contributed by atoms with Gasteiger partial charge in [0, 0.05) is 24.2 Å². The van der Waals surface area contributed by atoms with Crippen LogP contribution < -0.4 is 10.5 Å². The summed E-state index contributed by atoms with van der Waals surface area (Å²) in [4.78, 5) is 2.07. The lowest BCUT2D eigenvalue weighted by Gasteiger charge is -2.43. The van der Waals surface area contributed by atoms with Crippen LogP contribution in [0.4, 0.5) is 0 Å². The van der Waals surface area contributed by atoms with Crippen LogP contribution in [-0.2, 0) is 16.4 Å². The summed E-state index contributed by atoms with van der Waals surface area (Å²) in [5.41, 5.74) is 6.51. The van der Waals surface area contributed by atoms with Gasteiger partial charge in [-0.1, -0.05) is 18.2 Å². The maximum absolute atomic E-state index is 12.0. The molecule has 118 valence electrons. The smallest absolute Gasteiger partial charge is 0.152 e. The maximum Gasteiger partial charge on any atom is 0.152 e. The molecule has 0 aliphatic carbocycles. The SMILES string of the molecule is COc1ccccc1CN(C)C1(CN)CCCS(=O)(=O)C1. The summed E-state index contributed by atoms with van der Waals surface area (Å²) < 4.78 is 29.4. The van der Waals surface area contributed by atoms with Gasteiger partial charge in [0.25, 0.3) is 0 Å². The Morgan fingerprint density at radius 2 is 2.10 bits per heavy atom. The van der Waals surface area contributed by atoms with E-state index < -0.39 is 15.4 Å². The number of para-hydroxylation sites is 1. The number of benzene rings is 1. The van der Waals surface area contributed by atoms with E-state index in [-0.39, 0.29) is 11.5 Å². The summed E-state index contributed by atoms with van der Waals surface area (Å²) >= 11 is 0. The number of nitrogens with zero attached hydrogens (tertiary/aromatic N) is 1. The van der Waals surface area contributed by atoms with E-state index in [1.165, 1.54) is 0 Å². The molecule has 5 nitrogen and oxygen atoms in total. The standard InChI is InChI=1S/C15H24N2O3S/c1-17(10-13-6-3-4-7-14(13)20-2)15(11-16)8-5-9-21(18,19)12-15/h3-4,6-7H,5,8-12,16H2,1-2H3. The lowest BCUT2D eigenvalue weighted by atomic mass is 9.93. The quantitative estimate of drug-likeness (QED) is 0.879. The van der Waals surface area contributed by atoms with E-state index in [4.69, 9.17) is 10.5 Å². The molecule has 0 aromatic heterocycles. The fraction of sp³-hybridized carbons (Fsp3) is 0.600. The summed E-state index contributed by atoms with van der Waals surface area (Å²) in [6.07, 6.45) is 1.49. The van der Waals surface area contributed by atoms with E-state index in [0.717, 1.165) is 17.7 Å². The molecule has 21 heavy (non-hydrogen) atoms. The number of likely N-dealkylation sites (N-methyl/N-ethyl adjacent to an activating group) is 1. The Bertz CT molecular complexity index is 588. The second kappa shape index (κ2) is 6.34. The molecule has 0 bridgehead atoms. The van der Waals surface area contributed by atoms with Crippen molar-refractivity contribution in [3.8, 4) is 5.75 Å². The third-order valence-corrected chi connectivity index (χ3v) is 6.26. The minimum Gasteiger partial charge on any atom is -0.496 e. The monoisotopic (exact) mass is 312 g/mol. The number of hydrogen-bond acceptors (Lipinski definition) is 5. The number of hydrogen-bond donors (Lipinski definition) is 1. The first-order chi connectivity index (χ1) is 9.92. The van der Waals surface area contributed by atoms with Crippen LogP contribution in [0.15, 0.2) is 24.3 Å². The molecule has 0 radical (unpaired) electrons. The summed E-state index contributed by atoms with van der Waals surface area (Å²) in [6, 6.07) is 7.79. The van der Waals surface area contributed by atoms with Gasteiger partial charge in [0.1, 0.15) is 5.75 Å². The molecule has 1 unspecified atom stereocenters. The zero-order valence-electron chi connectivity index (χ0n) is 12.7. The first kappa shape index (κ1) is 16.3. The molecular weight excluding hydrogens is 288 g/mol. The van der Waals surface area contributed by atoms with Crippen LogP contribution in [-0.4, -0.2) is 51.1 Å². The molecule has 1 aromatic rings. The van der Waals surface area contributed by atoms with Gasteiger partial charge in [-0.25, -0.2) is 8.42 Å². The number of nitrogens with two attached hydrogens (primary N) is 1. The molecule has 6 heteroatoms. The molecule has 0 amide bonds. The maximum atomic E-state index is 12.0. The average molecular weight is 312 g/mol. The first-order valence-electron chi connectivity index (χ1n) is 7.16. The summed E-state index contributed by atoms with van der Waals surface area (Å²) in [7, 11) is 0.578. The molecule has 1 aliphatic rings. The lowest BCUT2D eigenvalue weighted by Crippen LogP contribution is -2.58.